The molecule has 0 amide bonds. The molecule has 0 heterocycles. The molecule has 0 saturated heterocycles. The second-order valence-electron chi connectivity index (χ2n) is 4.58. The summed E-state index contributed by atoms with van der Waals surface area (Å²) in [5.41, 5.74) is 4.88. The maximum Gasteiger partial charge on any atom is 0.309 e. The molecule has 0 spiro atoms. The fraction of sp³-hybridized carbons (Fsp3) is 0.900. The number of hydrogen-bond donors (Lipinski definition) is 2. The SMILES string of the molecule is CC(CN)C(C)CC(C)(C)C(=O)O. The van der Waals surface area contributed by atoms with Gasteiger partial charge < -0.3 is 10.8 Å². The van der Waals surface area contributed by atoms with Gasteiger partial charge in [0.25, 0.3) is 0 Å². The van der Waals surface area contributed by atoms with Gasteiger partial charge in [-0.1, -0.05) is 13.8 Å². The van der Waals surface area contributed by atoms with Crippen LogP contribution in [0.1, 0.15) is 34.1 Å². The lowest BCUT2D eigenvalue weighted by Gasteiger charge is -2.26. The van der Waals surface area contributed by atoms with Gasteiger partial charge >= 0.3 is 5.97 Å². The molecule has 0 saturated carbocycles. The zero-order chi connectivity index (χ0) is 10.6. The summed E-state index contributed by atoms with van der Waals surface area (Å²) in [5, 5.41) is 8.91. The van der Waals surface area contributed by atoms with Crippen molar-refractivity contribution in [2.45, 2.75) is 34.1 Å². The van der Waals surface area contributed by atoms with Crippen molar-refractivity contribution in [3.63, 3.8) is 0 Å². The monoisotopic (exact) mass is 187 g/mol. The van der Waals surface area contributed by atoms with Crippen LogP contribution in [0.15, 0.2) is 0 Å². The Morgan fingerprint density at radius 2 is 1.85 bits per heavy atom. The zero-order valence-corrected chi connectivity index (χ0v) is 9.00. The second-order valence-corrected chi connectivity index (χ2v) is 4.58. The molecule has 13 heavy (non-hydrogen) atoms. The van der Waals surface area contributed by atoms with Crippen LogP contribution < -0.4 is 5.73 Å². The van der Waals surface area contributed by atoms with E-state index < -0.39 is 11.4 Å². The van der Waals surface area contributed by atoms with E-state index in [9.17, 15) is 4.79 Å². The number of nitrogens with two attached hydrogens (primary N) is 1. The first-order valence-corrected chi connectivity index (χ1v) is 4.74. The molecule has 78 valence electrons. The molecule has 0 aliphatic carbocycles. The Morgan fingerprint density at radius 1 is 1.38 bits per heavy atom. The molecule has 0 aromatic carbocycles. The Morgan fingerprint density at radius 3 is 2.15 bits per heavy atom. The van der Waals surface area contributed by atoms with E-state index in [1.165, 1.54) is 0 Å². The summed E-state index contributed by atoms with van der Waals surface area (Å²) < 4.78 is 0. The summed E-state index contributed by atoms with van der Waals surface area (Å²) in [6, 6.07) is 0. The Labute approximate surface area is 80.3 Å². The van der Waals surface area contributed by atoms with Crippen molar-refractivity contribution in [2.75, 3.05) is 6.54 Å². The highest BCUT2D eigenvalue weighted by Gasteiger charge is 2.30. The average Bonchev–Trinajstić information content (AvgIpc) is 2.01. The average molecular weight is 187 g/mol. The van der Waals surface area contributed by atoms with Crippen LogP contribution in [0.4, 0.5) is 0 Å². The van der Waals surface area contributed by atoms with Gasteiger partial charge in [0.15, 0.2) is 0 Å². The highest BCUT2D eigenvalue weighted by atomic mass is 16.4. The lowest BCUT2D eigenvalue weighted by atomic mass is 9.79. The van der Waals surface area contributed by atoms with Crippen molar-refractivity contribution in [3.8, 4) is 0 Å². The molecule has 3 heteroatoms. The molecule has 0 fully saturated rings. The summed E-state index contributed by atoms with van der Waals surface area (Å²) in [7, 11) is 0. The van der Waals surface area contributed by atoms with Crippen molar-refractivity contribution >= 4 is 5.97 Å². The first-order valence-electron chi connectivity index (χ1n) is 4.74. The van der Waals surface area contributed by atoms with Gasteiger partial charge in [-0.15, -0.1) is 0 Å². The fourth-order valence-electron chi connectivity index (χ4n) is 1.33. The van der Waals surface area contributed by atoms with Gasteiger partial charge in [-0.2, -0.15) is 0 Å². The Kier molecular flexibility index (Phi) is 4.40. The summed E-state index contributed by atoms with van der Waals surface area (Å²) in [6.07, 6.45) is 0.681. The maximum atomic E-state index is 10.8. The molecule has 3 N–H and O–H groups in total. The third-order valence-electron chi connectivity index (χ3n) is 2.75. The van der Waals surface area contributed by atoms with Crippen molar-refractivity contribution in [2.24, 2.45) is 23.0 Å². The summed E-state index contributed by atoms with van der Waals surface area (Å²) >= 11 is 0. The van der Waals surface area contributed by atoms with E-state index in [1.807, 2.05) is 0 Å². The van der Waals surface area contributed by atoms with Gasteiger partial charge in [-0.25, -0.2) is 0 Å². The molecule has 0 aromatic heterocycles. The predicted octanol–water partition coefficient (Wildman–Crippen LogP) is 1.72. The molecule has 0 aliphatic heterocycles. The zero-order valence-electron chi connectivity index (χ0n) is 9.00. The Hall–Kier alpha value is -0.570. The quantitative estimate of drug-likeness (QED) is 0.688. The molecule has 0 radical (unpaired) electrons. The Bertz CT molecular complexity index is 178. The molecule has 2 atom stereocenters. The molecule has 3 nitrogen and oxygen atoms in total. The van der Waals surface area contributed by atoms with Crippen molar-refractivity contribution < 1.29 is 9.90 Å². The number of carbonyl (C=O) groups is 1. The van der Waals surface area contributed by atoms with Crippen LogP contribution in [0.25, 0.3) is 0 Å². The predicted molar refractivity (Wildman–Crippen MR) is 53.4 cm³/mol. The molecule has 0 bridgehead atoms. The van der Waals surface area contributed by atoms with Gasteiger partial charge in [-0.05, 0) is 38.6 Å². The van der Waals surface area contributed by atoms with Crippen LogP contribution in [0.5, 0.6) is 0 Å². The van der Waals surface area contributed by atoms with Gasteiger partial charge in [-0.3, -0.25) is 4.79 Å². The summed E-state index contributed by atoms with van der Waals surface area (Å²) in [5.74, 6) is 0.0123. The van der Waals surface area contributed by atoms with Crippen LogP contribution in [-0.4, -0.2) is 17.6 Å². The first-order chi connectivity index (χ1) is 5.81. The van der Waals surface area contributed by atoms with E-state index in [-0.39, 0.29) is 0 Å². The van der Waals surface area contributed by atoms with E-state index in [2.05, 4.69) is 13.8 Å². The van der Waals surface area contributed by atoms with E-state index in [0.717, 1.165) is 0 Å². The lowest BCUT2D eigenvalue weighted by Crippen LogP contribution is -2.29. The van der Waals surface area contributed by atoms with E-state index >= 15 is 0 Å². The van der Waals surface area contributed by atoms with Crippen LogP contribution >= 0.6 is 0 Å². The van der Waals surface area contributed by atoms with Crippen LogP contribution in [0.2, 0.25) is 0 Å². The molecule has 0 rings (SSSR count). The molecule has 0 aliphatic rings. The minimum atomic E-state index is -0.733. The van der Waals surface area contributed by atoms with Crippen LogP contribution in [0, 0.1) is 17.3 Å². The topological polar surface area (TPSA) is 63.3 Å². The van der Waals surface area contributed by atoms with Gasteiger partial charge in [0, 0.05) is 0 Å². The smallest absolute Gasteiger partial charge is 0.309 e. The molecular formula is C10H21NO2. The molecule has 0 aromatic rings. The number of hydrogen-bond acceptors (Lipinski definition) is 2. The lowest BCUT2D eigenvalue weighted by molar-refractivity contribution is -0.148. The van der Waals surface area contributed by atoms with Crippen molar-refractivity contribution in [3.05, 3.63) is 0 Å². The Balaban J connectivity index is 4.19. The third-order valence-corrected chi connectivity index (χ3v) is 2.75. The van der Waals surface area contributed by atoms with Gasteiger partial charge in [0.05, 0.1) is 5.41 Å². The van der Waals surface area contributed by atoms with Crippen LogP contribution in [0.3, 0.4) is 0 Å². The molecule has 2 unspecified atom stereocenters. The van der Waals surface area contributed by atoms with Crippen LogP contribution in [-0.2, 0) is 4.79 Å². The first kappa shape index (κ1) is 12.4. The van der Waals surface area contributed by atoms with Gasteiger partial charge in [0.2, 0.25) is 0 Å². The van der Waals surface area contributed by atoms with Crippen molar-refractivity contribution in [1.29, 1.82) is 0 Å². The number of rotatable bonds is 5. The highest BCUT2D eigenvalue weighted by Crippen LogP contribution is 2.29. The summed E-state index contributed by atoms with van der Waals surface area (Å²) in [4.78, 5) is 10.8. The van der Waals surface area contributed by atoms with E-state index in [4.69, 9.17) is 10.8 Å². The third kappa shape index (κ3) is 3.77. The fourth-order valence-corrected chi connectivity index (χ4v) is 1.33. The summed E-state index contributed by atoms with van der Waals surface area (Å²) in [6.45, 7) is 8.26. The molecular weight excluding hydrogens is 166 g/mol. The van der Waals surface area contributed by atoms with Crippen molar-refractivity contribution in [1.82, 2.24) is 0 Å². The maximum absolute atomic E-state index is 10.8. The second kappa shape index (κ2) is 4.61. The number of aliphatic carboxylic acids is 1. The number of carboxylic acids is 1. The van der Waals surface area contributed by atoms with E-state index in [0.29, 0.717) is 24.8 Å². The largest absolute Gasteiger partial charge is 0.481 e. The van der Waals surface area contributed by atoms with Gasteiger partial charge in [0.1, 0.15) is 0 Å². The normalized spacial score (nSPS) is 16.7. The van der Waals surface area contributed by atoms with E-state index in [1.54, 1.807) is 13.8 Å². The number of carboxylic acid groups (broad SMARTS) is 1. The minimum absolute atomic E-state index is 0.357. The standard InChI is InChI=1S/C10H21NO2/c1-7(8(2)6-11)5-10(3,4)9(12)13/h7-8H,5-6,11H2,1-4H3,(H,12,13). The highest BCUT2D eigenvalue weighted by molar-refractivity contribution is 5.73. The minimum Gasteiger partial charge on any atom is -0.481 e.